The third-order valence-corrected chi connectivity index (χ3v) is 6.81. The third-order valence-electron chi connectivity index (χ3n) is 6.34. The Hall–Kier alpha value is -2.82. The molecule has 0 saturated carbocycles. The van der Waals surface area contributed by atoms with Crippen molar-refractivity contribution in [1.29, 1.82) is 0 Å². The number of hydrogen-bond donors (Lipinski definition) is 4. The average molecular weight is 561 g/mol. The molecule has 1 amide bonds. The second kappa shape index (κ2) is 10.2. The zero-order valence-electron chi connectivity index (χ0n) is 20.0. The fraction of sp³-hybridized carbons (Fsp3) is 0.400. The number of amides is 1. The first-order chi connectivity index (χ1) is 17.0. The first-order valence-corrected chi connectivity index (χ1v) is 11.9. The molecule has 7 nitrogen and oxygen atoms in total. The number of carboxylic acid groups (broad SMARTS) is 2. The van der Waals surface area contributed by atoms with Crippen LogP contribution in [-0.2, 0) is 19.8 Å². The van der Waals surface area contributed by atoms with Crippen LogP contribution in [0.1, 0.15) is 44.2 Å². The van der Waals surface area contributed by atoms with Gasteiger partial charge in [0.05, 0.1) is 0 Å². The van der Waals surface area contributed by atoms with Gasteiger partial charge in [0.2, 0.25) is 5.91 Å². The van der Waals surface area contributed by atoms with Crippen LogP contribution < -0.4 is 10.6 Å². The van der Waals surface area contributed by atoms with Gasteiger partial charge in [-0.1, -0.05) is 62.2 Å². The van der Waals surface area contributed by atoms with E-state index in [1.165, 1.54) is 0 Å². The average Bonchev–Trinajstić information content (AvgIpc) is 3.22. The van der Waals surface area contributed by atoms with Crippen LogP contribution in [-0.4, -0.2) is 46.3 Å². The number of carbonyl (C=O) groups is 3. The molecule has 0 aliphatic carbocycles. The summed E-state index contributed by atoms with van der Waals surface area (Å²) in [5.74, 6) is -4.60. The van der Waals surface area contributed by atoms with Crippen LogP contribution in [0.5, 0.6) is 0 Å². The smallest absolute Gasteiger partial charge is 0.480 e. The van der Waals surface area contributed by atoms with Crippen molar-refractivity contribution in [2.45, 2.75) is 56.8 Å². The van der Waals surface area contributed by atoms with E-state index in [1.54, 1.807) is 30.3 Å². The molecule has 2 aliphatic rings. The van der Waals surface area contributed by atoms with Crippen molar-refractivity contribution in [3.63, 3.8) is 0 Å². The van der Waals surface area contributed by atoms with Gasteiger partial charge >= 0.3 is 18.1 Å². The summed E-state index contributed by atoms with van der Waals surface area (Å²) in [7, 11) is 0. The van der Waals surface area contributed by atoms with E-state index in [2.05, 4.69) is 31.4 Å². The number of halogens is 5. The van der Waals surface area contributed by atoms with Gasteiger partial charge in [0.15, 0.2) is 0 Å². The lowest BCUT2D eigenvalue weighted by Gasteiger charge is -2.37. The van der Waals surface area contributed by atoms with Crippen molar-refractivity contribution in [3.8, 4) is 0 Å². The number of carboxylic acids is 2. The SMILES string of the molecule is CC(C)(C)C[C@@H]1N[C@@H](C(=O)O)[C@H](c2cccc(Cl)c2)C12C(=O)Nc1cc(Cl)ccc12.O=C(O)C(F)(F)F. The number of carbonyl (C=O) groups excluding carboxylic acids is 1. The molecule has 0 bridgehead atoms. The van der Waals surface area contributed by atoms with E-state index in [0.29, 0.717) is 22.2 Å². The monoisotopic (exact) mass is 560 g/mol. The summed E-state index contributed by atoms with van der Waals surface area (Å²) in [6.07, 6.45) is -4.47. The van der Waals surface area contributed by atoms with Crippen molar-refractivity contribution in [2.75, 3.05) is 5.32 Å². The summed E-state index contributed by atoms with van der Waals surface area (Å²) < 4.78 is 31.7. The highest BCUT2D eigenvalue weighted by molar-refractivity contribution is 6.31. The summed E-state index contributed by atoms with van der Waals surface area (Å²) in [5.41, 5.74) is 0.892. The van der Waals surface area contributed by atoms with E-state index in [4.69, 9.17) is 33.1 Å². The van der Waals surface area contributed by atoms with Gasteiger partial charge in [0.1, 0.15) is 11.5 Å². The molecular weight excluding hydrogens is 536 g/mol. The van der Waals surface area contributed by atoms with E-state index in [-0.39, 0.29) is 17.4 Å². The lowest BCUT2D eigenvalue weighted by Crippen LogP contribution is -2.49. The molecule has 1 unspecified atom stereocenters. The van der Waals surface area contributed by atoms with Crippen LogP contribution in [0.4, 0.5) is 18.9 Å². The first kappa shape index (κ1) is 28.7. The molecule has 1 spiro atoms. The van der Waals surface area contributed by atoms with Crippen molar-refractivity contribution < 1.29 is 37.8 Å². The van der Waals surface area contributed by atoms with Gasteiger partial charge in [-0.2, -0.15) is 13.2 Å². The number of benzene rings is 2. The molecule has 4 N–H and O–H groups in total. The van der Waals surface area contributed by atoms with Gasteiger partial charge in [-0.15, -0.1) is 0 Å². The van der Waals surface area contributed by atoms with Crippen molar-refractivity contribution >= 4 is 46.7 Å². The van der Waals surface area contributed by atoms with Crippen LogP contribution in [0, 0.1) is 5.41 Å². The van der Waals surface area contributed by atoms with Gasteiger partial charge in [-0.05, 0) is 47.2 Å². The van der Waals surface area contributed by atoms with Gasteiger partial charge in [-0.25, -0.2) is 4.79 Å². The van der Waals surface area contributed by atoms with Crippen LogP contribution >= 0.6 is 23.2 Å². The predicted molar refractivity (Wildman–Crippen MR) is 132 cm³/mol. The number of aliphatic carboxylic acids is 2. The quantitative estimate of drug-likeness (QED) is 0.396. The molecule has 2 heterocycles. The molecule has 37 heavy (non-hydrogen) atoms. The normalized spacial score (nSPS) is 24.8. The topological polar surface area (TPSA) is 116 Å². The number of rotatable bonds is 3. The molecule has 0 aromatic heterocycles. The van der Waals surface area contributed by atoms with E-state index >= 15 is 0 Å². The Morgan fingerprint density at radius 3 is 2.14 bits per heavy atom. The highest BCUT2D eigenvalue weighted by Crippen LogP contribution is 2.56. The summed E-state index contributed by atoms with van der Waals surface area (Å²) in [6.45, 7) is 6.25. The lowest BCUT2D eigenvalue weighted by molar-refractivity contribution is -0.192. The van der Waals surface area contributed by atoms with E-state index in [9.17, 15) is 27.9 Å². The van der Waals surface area contributed by atoms with Crippen molar-refractivity contribution in [3.05, 3.63) is 63.6 Å². The molecular formula is C25H25Cl2F3N2O5. The summed E-state index contributed by atoms with van der Waals surface area (Å²) in [6, 6.07) is 11.1. The molecule has 2 aliphatic heterocycles. The standard InChI is InChI=1S/C23H24Cl2N2O3.C2HF3O2/c1-22(2,3)11-17-23(15-8-7-14(25)10-16(15)26-21(23)30)18(19(27-17)20(28)29)12-5-4-6-13(24)9-12;3-2(4,5)1(6)7/h4-10,17-19,27H,11H2,1-3H3,(H,26,30)(H,28,29);(H,6,7)/t17-,18-,19+,23?;/m0./s1. The maximum atomic E-state index is 13.7. The molecule has 12 heteroatoms. The molecule has 2 aromatic rings. The Bertz CT molecular complexity index is 1230. The second-order valence-corrected chi connectivity index (χ2v) is 11.0. The zero-order chi connectivity index (χ0) is 27.9. The lowest BCUT2D eigenvalue weighted by atomic mass is 9.62. The van der Waals surface area contributed by atoms with Gasteiger partial charge in [0.25, 0.3) is 0 Å². The third kappa shape index (κ3) is 5.71. The largest absolute Gasteiger partial charge is 0.490 e. The van der Waals surface area contributed by atoms with Crippen LogP contribution in [0.15, 0.2) is 42.5 Å². The van der Waals surface area contributed by atoms with E-state index < -0.39 is 35.5 Å². The first-order valence-electron chi connectivity index (χ1n) is 11.1. The van der Waals surface area contributed by atoms with Crippen LogP contribution in [0.25, 0.3) is 0 Å². The Labute approximate surface area is 221 Å². The molecule has 0 radical (unpaired) electrons. The number of hydrogen-bond acceptors (Lipinski definition) is 4. The minimum Gasteiger partial charge on any atom is -0.480 e. The molecule has 4 rings (SSSR count). The Morgan fingerprint density at radius 1 is 1.03 bits per heavy atom. The van der Waals surface area contributed by atoms with E-state index in [0.717, 1.165) is 11.1 Å². The fourth-order valence-corrected chi connectivity index (χ4v) is 5.48. The second-order valence-electron chi connectivity index (χ2n) is 10.1. The summed E-state index contributed by atoms with van der Waals surface area (Å²) in [5, 5.41) is 24.5. The summed E-state index contributed by atoms with van der Waals surface area (Å²) in [4.78, 5) is 34.9. The number of alkyl halides is 3. The van der Waals surface area contributed by atoms with Crippen LogP contribution in [0.3, 0.4) is 0 Å². The van der Waals surface area contributed by atoms with Crippen LogP contribution in [0.2, 0.25) is 10.0 Å². The van der Waals surface area contributed by atoms with Crippen molar-refractivity contribution in [1.82, 2.24) is 5.32 Å². The van der Waals surface area contributed by atoms with Gasteiger partial charge in [-0.3, -0.25) is 14.9 Å². The highest BCUT2D eigenvalue weighted by Gasteiger charge is 2.65. The maximum Gasteiger partial charge on any atom is 0.490 e. The highest BCUT2D eigenvalue weighted by atomic mass is 35.5. The Kier molecular flexibility index (Phi) is 7.89. The minimum absolute atomic E-state index is 0.133. The summed E-state index contributed by atoms with van der Waals surface area (Å²) >= 11 is 12.4. The number of anilines is 1. The molecule has 1 fully saturated rings. The Morgan fingerprint density at radius 2 is 1.62 bits per heavy atom. The van der Waals surface area contributed by atoms with E-state index in [1.807, 2.05) is 12.1 Å². The molecule has 4 atom stereocenters. The van der Waals surface area contributed by atoms with Gasteiger partial charge in [0, 0.05) is 27.7 Å². The predicted octanol–water partition coefficient (Wildman–Crippen LogP) is 5.46. The molecule has 1 saturated heterocycles. The zero-order valence-corrected chi connectivity index (χ0v) is 21.5. The number of fused-ring (bicyclic) bond motifs is 2. The minimum atomic E-state index is -5.08. The van der Waals surface area contributed by atoms with Crippen molar-refractivity contribution in [2.24, 2.45) is 5.41 Å². The molecule has 2 aromatic carbocycles. The van der Waals surface area contributed by atoms with Gasteiger partial charge < -0.3 is 15.5 Å². The Balaban J connectivity index is 0.000000479. The maximum absolute atomic E-state index is 13.7. The number of nitrogens with one attached hydrogen (secondary N) is 2. The fourth-order valence-electron chi connectivity index (χ4n) is 5.11. The molecule has 200 valence electrons.